The maximum Gasteiger partial charge on any atom is 0.332 e. The molecule has 1 unspecified atom stereocenters. The fraction of sp³-hybridized carbons (Fsp3) is 0.471. The van der Waals surface area contributed by atoms with Gasteiger partial charge in [-0.15, -0.1) is 0 Å². The monoisotopic (exact) mass is 331 g/mol. The van der Waals surface area contributed by atoms with E-state index in [0.717, 1.165) is 23.1 Å². The van der Waals surface area contributed by atoms with Gasteiger partial charge in [0, 0.05) is 10.9 Å². The van der Waals surface area contributed by atoms with E-state index in [1.165, 1.54) is 0 Å². The van der Waals surface area contributed by atoms with Crippen molar-refractivity contribution in [3.05, 3.63) is 36.9 Å². The number of rotatable bonds is 7. The Hall–Kier alpha value is -1.40. The van der Waals surface area contributed by atoms with Crippen LogP contribution in [0, 0.1) is 0 Å². The number of methoxy groups -OCH3 is 1. The second kappa shape index (κ2) is 6.61. The zero-order valence-corrected chi connectivity index (χ0v) is 15.4. The highest BCUT2D eigenvalue weighted by Crippen LogP contribution is 2.34. The van der Waals surface area contributed by atoms with Crippen molar-refractivity contribution in [2.75, 3.05) is 7.11 Å². The van der Waals surface area contributed by atoms with E-state index in [1.807, 2.05) is 22.7 Å². The average Bonchev–Trinajstić information content (AvgIpc) is 2.95. The van der Waals surface area contributed by atoms with Crippen LogP contribution >= 0.6 is 12.6 Å². The maximum absolute atomic E-state index is 6.02. The lowest BCUT2D eigenvalue weighted by atomic mass is 9.83. The molecular formula is C17H24BN2O2S. The van der Waals surface area contributed by atoms with Gasteiger partial charge >= 0.3 is 7.48 Å². The van der Waals surface area contributed by atoms with Crippen molar-refractivity contribution in [1.29, 1.82) is 0 Å². The fourth-order valence-electron chi connectivity index (χ4n) is 2.17. The molecule has 2 rings (SSSR count). The molecule has 2 heterocycles. The molecule has 2 aromatic heterocycles. The standard InChI is InChI=1S/C17H24BN2O2S/c1-7-17(5,23)16(3,4)22-18-13-8-9-14-15(12(2)21-6)19-11-20(14)10-13/h8-11,23H,2,7H2,1,3-6H3. The molecule has 1 radical (unpaired) electrons. The van der Waals surface area contributed by atoms with Crippen LogP contribution in [0.1, 0.15) is 39.8 Å². The van der Waals surface area contributed by atoms with Crippen LogP contribution < -0.4 is 5.46 Å². The van der Waals surface area contributed by atoms with Gasteiger partial charge in [-0.05, 0) is 38.7 Å². The van der Waals surface area contributed by atoms with Gasteiger partial charge in [-0.1, -0.05) is 19.6 Å². The number of hydrogen-bond donors (Lipinski definition) is 1. The van der Waals surface area contributed by atoms with E-state index in [2.05, 4.69) is 39.3 Å². The van der Waals surface area contributed by atoms with Gasteiger partial charge < -0.3 is 13.8 Å². The Balaban J connectivity index is 2.18. The van der Waals surface area contributed by atoms with E-state index < -0.39 is 0 Å². The number of pyridine rings is 1. The first-order chi connectivity index (χ1) is 10.7. The minimum absolute atomic E-state index is 0.216. The Morgan fingerprint density at radius 2 is 2.09 bits per heavy atom. The Kier molecular flexibility index (Phi) is 5.16. The first kappa shape index (κ1) is 18.0. The summed E-state index contributed by atoms with van der Waals surface area (Å²) in [4.78, 5) is 4.34. The van der Waals surface area contributed by atoms with E-state index in [0.29, 0.717) is 5.76 Å². The van der Waals surface area contributed by atoms with Crippen LogP contribution in [0.2, 0.25) is 0 Å². The van der Waals surface area contributed by atoms with Crippen molar-refractivity contribution in [3.63, 3.8) is 0 Å². The van der Waals surface area contributed by atoms with Crippen LogP contribution in [0.25, 0.3) is 11.3 Å². The van der Waals surface area contributed by atoms with Crippen molar-refractivity contribution in [2.24, 2.45) is 0 Å². The molecule has 0 spiro atoms. The summed E-state index contributed by atoms with van der Waals surface area (Å²) in [6.07, 6.45) is 4.62. The predicted molar refractivity (Wildman–Crippen MR) is 99.5 cm³/mol. The molecule has 0 aliphatic rings. The molecule has 0 aliphatic carbocycles. The Labute approximate surface area is 144 Å². The van der Waals surface area contributed by atoms with Crippen LogP contribution in [0.3, 0.4) is 0 Å². The average molecular weight is 331 g/mol. The largest absolute Gasteiger partial charge is 0.495 e. The van der Waals surface area contributed by atoms with Crippen molar-refractivity contribution < 1.29 is 9.39 Å². The topological polar surface area (TPSA) is 35.8 Å². The minimum atomic E-state index is -0.385. The van der Waals surface area contributed by atoms with Crippen molar-refractivity contribution in [1.82, 2.24) is 9.38 Å². The lowest BCUT2D eigenvalue weighted by Crippen LogP contribution is -2.47. The molecule has 6 heteroatoms. The molecular weight excluding hydrogens is 307 g/mol. The van der Waals surface area contributed by atoms with Crippen LogP contribution in [-0.4, -0.2) is 34.3 Å². The number of imidazole rings is 1. The van der Waals surface area contributed by atoms with Crippen LogP contribution in [0.4, 0.5) is 0 Å². The van der Waals surface area contributed by atoms with Crippen molar-refractivity contribution >= 4 is 36.8 Å². The van der Waals surface area contributed by atoms with E-state index in [-0.39, 0.29) is 10.3 Å². The number of aromatic nitrogens is 2. The lowest BCUT2D eigenvalue weighted by Gasteiger charge is -2.40. The Bertz CT molecular complexity index is 710. The fourth-order valence-corrected chi connectivity index (χ4v) is 2.22. The van der Waals surface area contributed by atoms with Gasteiger partial charge in [0.1, 0.15) is 17.8 Å². The number of nitrogens with zero attached hydrogens (tertiary/aromatic N) is 2. The molecule has 0 saturated carbocycles. The number of ether oxygens (including phenoxy) is 1. The number of hydrogen-bond acceptors (Lipinski definition) is 4. The molecule has 123 valence electrons. The van der Waals surface area contributed by atoms with E-state index >= 15 is 0 Å². The van der Waals surface area contributed by atoms with Gasteiger partial charge in [-0.2, -0.15) is 12.6 Å². The molecule has 0 N–H and O–H groups in total. The highest BCUT2D eigenvalue weighted by Gasteiger charge is 2.37. The second-order valence-corrected chi connectivity index (χ2v) is 7.34. The SMILES string of the molecule is C=C(OC)c1ncn2cc([B]OC(C)(C)C(C)(S)CC)ccc12. The van der Waals surface area contributed by atoms with Gasteiger partial charge in [-0.25, -0.2) is 4.98 Å². The third kappa shape index (κ3) is 3.58. The Morgan fingerprint density at radius 3 is 2.70 bits per heavy atom. The molecule has 0 aromatic carbocycles. The summed E-state index contributed by atoms with van der Waals surface area (Å²) in [5, 5.41) is 0. The molecule has 0 amide bonds. The Morgan fingerprint density at radius 1 is 1.39 bits per heavy atom. The first-order valence-electron chi connectivity index (χ1n) is 7.65. The second-order valence-electron chi connectivity index (χ2n) is 6.35. The van der Waals surface area contributed by atoms with Gasteiger partial charge in [-0.3, -0.25) is 0 Å². The summed E-state index contributed by atoms with van der Waals surface area (Å²) in [7, 11) is 3.36. The van der Waals surface area contributed by atoms with Gasteiger partial charge in [0.2, 0.25) is 0 Å². The number of fused-ring (bicyclic) bond motifs is 1. The summed E-state index contributed by atoms with van der Waals surface area (Å²) >= 11 is 4.73. The molecule has 0 aliphatic heterocycles. The molecule has 0 bridgehead atoms. The third-order valence-corrected chi connectivity index (χ3v) is 5.39. The summed E-state index contributed by atoms with van der Waals surface area (Å²) in [5.74, 6) is 0.551. The number of thiol groups is 1. The lowest BCUT2D eigenvalue weighted by molar-refractivity contribution is 0.0764. The van der Waals surface area contributed by atoms with E-state index in [9.17, 15) is 0 Å². The zero-order chi connectivity index (χ0) is 17.3. The predicted octanol–water partition coefficient (Wildman–Crippen LogP) is 3.09. The highest BCUT2D eigenvalue weighted by atomic mass is 32.1. The van der Waals surface area contributed by atoms with Crippen molar-refractivity contribution in [3.8, 4) is 0 Å². The smallest absolute Gasteiger partial charge is 0.332 e. The van der Waals surface area contributed by atoms with Crippen molar-refractivity contribution in [2.45, 2.75) is 44.5 Å². The molecule has 2 aromatic rings. The summed E-state index contributed by atoms with van der Waals surface area (Å²) in [6, 6.07) is 3.97. The molecule has 23 heavy (non-hydrogen) atoms. The molecule has 0 fully saturated rings. The molecule has 0 saturated heterocycles. The summed E-state index contributed by atoms with van der Waals surface area (Å²) in [6.45, 7) is 12.2. The van der Waals surface area contributed by atoms with Gasteiger partial charge in [0.25, 0.3) is 0 Å². The third-order valence-electron chi connectivity index (χ3n) is 4.54. The minimum Gasteiger partial charge on any atom is -0.495 e. The molecule has 4 nitrogen and oxygen atoms in total. The van der Waals surface area contributed by atoms with E-state index in [4.69, 9.17) is 22.0 Å². The normalized spacial score (nSPS) is 14.5. The zero-order valence-electron chi connectivity index (χ0n) is 14.5. The van der Waals surface area contributed by atoms with Gasteiger partial charge in [0.15, 0.2) is 0 Å². The summed E-state index contributed by atoms with van der Waals surface area (Å²) in [5.41, 5.74) is 2.26. The highest BCUT2D eigenvalue weighted by molar-refractivity contribution is 7.81. The van der Waals surface area contributed by atoms with Crippen LogP contribution in [0.15, 0.2) is 31.2 Å². The van der Waals surface area contributed by atoms with Crippen LogP contribution in [-0.2, 0) is 9.39 Å². The van der Waals surface area contributed by atoms with Crippen LogP contribution in [0.5, 0.6) is 0 Å². The maximum atomic E-state index is 6.02. The van der Waals surface area contributed by atoms with E-state index in [1.54, 1.807) is 20.9 Å². The first-order valence-corrected chi connectivity index (χ1v) is 8.10. The summed E-state index contributed by atoms with van der Waals surface area (Å²) < 4.78 is 12.9. The van der Waals surface area contributed by atoms with Gasteiger partial charge in [0.05, 0.1) is 18.2 Å². The quantitative estimate of drug-likeness (QED) is 0.481. The molecule has 1 atom stereocenters.